The minimum absolute atomic E-state index is 0.384. The van der Waals surface area contributed by atoms with Gasteiger partial charge in [-0.1, -0.05) is 17.2 Å². The summed E-state index contributed by atoms with van der Waals surface area (Å²) in [5, 5.41) is 12.8. The number of nitrogens with zero attached hydrogens (tertiary/aromatic N) is 2. The highest BCUT2D eigenvalue weighted by atomic mass is 16.5. The van der Waals surface area contributed by atoms with Gasteiger partial charge in [0.1, 0.15) is 6.61 Å². The molecule has 3 rings (SSSR count). The monoisotopic (exact) mass is 245 g/mol. The fourth-order valence-corrected chi connectivity index (χ4v) is 2.09. The molecule has 0 bridgehead atoms. The standard InChI is InChI=1S/C13H15N3O2/c14-12-3-1-2-10(9-4-5-9)11(12)8-18-13-6-7-16(17)15-13/h1-3,6-7,9,17H,4-5,8,14H2. The second-order valence-electron chi connectivity index (χ2n) is 4.55. The van der Waals surface area contributed by atoms with Crippen LogP contribution in [0.25, 0.3) is 0 Å². The fourth-order valence-electron chi connectivity index (χ4n) is 2.09. The molecule has 0 spiro atoms. The first-order valence-electron chi connectivity index (χ1n) is 5.99. The summed E-state index contributed by atoms with van der Waals surface area (Å²) < 4.78 is 5.54. The van der Waals surface area contributed by atoms with E-state index in [1.807, 2.05) is 12.1 Å². The first-order valence-corrected chi connectivity index (χ1v) is 5.99. The van der Waals surface area contributed by atoms with Crippen molar-refractivity contribution < 1.29 is 9.94 Å². The predicted molar refractivity (Wildman–Crippen MR) is 66.6 cm³/mol. The van der Waals surface area contributed by atoms with Crippen LogP contribution in [0.3, 0.4) is 0 Å². The van der Waals surface area contributed by atoms with Crippen LogP contribution >= 0.6 is 0 Å². The van der Waals surface area contributed by atoms with Crippen molar-refractivity contribution in [1.29, 1.82) is 0 Å². The normalized spacial score (nSPS) is 14.7. The highest BCUT2D eigenvalue weighted by Crippen LogP contribution is 2.42. The fraction of sp³-hybridized carbons (Fsp3) is 0.308. The lowest BCUT2D eigenvalue weighted by Crippen LogP contribution is -2.04. The molecule has 3 N–H and O–H groups in total. The summed E-state index contributed by atoms with van der Waals surface area (Å²) in [7, 11) is 0. The number of benzene rings is 1. The van der Waals surface area contributed by atoms with Gasteiger partial charge in [0.05, 0.1) is 6.20 Å². The summed E-state index contributed by atoms with van der Waals surface area (Å²) in [5.41, 5.74) is 9.06. The molecule has 2 aromatic rings. The van der Waals surface area contributed by atoms with E-state index in [2.05, 4.69) is 11.2 Å². The zero-order chi connectivity index (χ0) is 12.5. The summed E-state index contributed by atoms with van der Waals surface area (Å²) in [6, 6.07) is 7.58. The highest BCUT2D eigenvalue weighted by molar-refractivity contribution is 5.52. The van der Waals surface area contributed by atoms with Gasteiger partial charge in [-0.15, -0.1) is 4.85 Å². The van der Waals surface area contributed by atoms with Crippen LogP contribution in [-0.4, -0.2) is 15.2 Å². The first-order chi connectivity index (χ1) is 8.74. The molecule has 1 aromatic heterocycles. The van der Waals surface area contributed by atoms with Crippen LogP contribution in [0.4, 0.5) is 5.69 Å². The van der Waals surface area contributed by atoms with Crippen LogP contribution in [0.1, 0.15) is 29.9 Å². The van der Waals surface area contributed by atoms with E-state index in [0.29, 0.717) is 18.4 Å². The molecule has 0 amide bonds. The Morgan fingerprint density at radius 1 is 1.39 bits per heavy atom. The molecule has 18 heavy (non-hydrogen) atoms. The van der Waals surface area contributed by atoms with Crippen molar-refractivity contribution in [3.05, 3.63) is 41.6 Å². The van der Waals surface area contributed by atoms with Crippen molar-refractivity contribution in [2.75, 3.05) is 5.73 Å². The van der Waals surface area contributed by atoms with E-state index in [1.54, 1.807) is 6.07 Å². The molecule has 1 saturated carbocycles. The summed E-state index contributed by atoms with van der Waals surface area (Å²) >= 11 is 0. The van der Waals surface area contributed by atoms with E-state index in [-0.39, 0.29) is 0 Å². The molecule has 1 fully saturated rings. The molecular formula is C13H15N3O2. The second kappa shape index (κ2) is 4.25. The lowest BCUT2D eigenvalue weighted by molar-refractivity contribution is 0.141. The molecule has 0 aliphatic heterocycles. The van der Waals surface area contributed by atoms with Gasteiger partial charge in [-0.25, -0.2) is 0 Å². The Balaban J connectivity index is 1.79. The minimum Gasteiger partial charge on any atom is -0.472 e. The third kappa shape index (κ3) is 2.11. The van der Waals surface area contributed by atoms with Crippen LogP contribution in [0.2, 0.25) is 0 Å². The van der Waals surface area contributed by atoms with E-state index >= 15 is 0 Å². The van der Waals surface area contributed by atoms with Gasteiger partial charge in [0.25, 0.3) is 0 Å². The van der Waals surface area contributed by atoms with Crippen LogP contribution in [0, 0.1) is 0 Å². The summed E-state index contributed by atoms with van der Waals surface area (Å²) in [6.45, 7) is 0.384. The van der Waals surface area contributed by atoms with Crippen LogP contribution in [0.15, 0.2) is 30.5 Å². The van der Waals surface area contributed by atoms with Crippen LogP contribution < -0.4 is 10.5 Å². The van der Waals surface area contributed by atoms with Gasteiger partial charge in [-0.05, 0) is 30.4 Å². The van der Waals surface area contributed by atoms with Crippen LogP contribution in [0.5, 0.6) is 5.88 Å². The zero-order valence-electron chi connectivity index (χ0n) is 9.91. The van der Waals surface area contributed by atoms with Gasteiger partial charge < -0.3 is 15.7 Å². The van der Waals surface area contributed by atoms with E-state index in [0.717, 1.165) is 16.1 Å². The second-order valence-corrected chi connectivity index (χ2v) is 4.55. The van der Waals surface area contributed by atoms with E-state index in [4.69, 9.17) is 15.7 Å². The number of nitrogen functional groups attached to an aromatic ring is 1. The average molecular weight is 245 g/mol. The SMILES string of the molecule is Nc1cccc(C2CC2)c1COc1ccn(O)n1. The van der Waals surface area contributed by atoms with Crippen LogP contribution in [-0.2, 0) is 6.61 Å². The predicted octanol–water partition coefficient (Wildman–Crippen LogP) is 2.16. The van der Waals surface area contributed by atoms with Crippen molar-refractivity contribution in [2.24, 2.45) is 0 Å². The number of hydrogen-bond donors (Lipinski definition) is 2. The Morgan fingerprint density at radius 3 is 2.89 bits per heavy atom. The molecule has 0 saturated heterocycles. The number of aromatic nitrogens is 2. The maximum absolute atomic E-state index is 9.06. The third-order valence-corrected chi connectivity index (χ3v) is 3.18. The molecule has 5 heteroatoms. The Bertz CT molecular complexity index is 561. The summed E-state index contributed by atoms with van der Waals surface area (Å²) in [4.78, 5) is 0.728. The maximum atomic E-state index is 9.06. The van der Waals surface area contributed by atoms with Gasteiger partial charge in [-0.3, -0.25) is 0 Å². The van der Waals surface area contributed by atoms with Crippen molar-refractivity contribution in [2.45, 2.75) is 25.4 Å². The van der Waals surface area contributed by atoms with Crippen molar-refractivity contribution in [1.82, 2.24) is 9.94 Å². The van der Waals surface area contributed by atoms with Gasteiger partial charge in [0.15, 0.2) is 0 Å². The topological polar surface area (TPSA) is 73.3 Å². The first kappa shape index (κ1) is 11.0. The smallest absolute Gasteiger partial charge is 0.236 e. The van der Waals surface area contributed by atoms with Gasteiger partial charge >= 0.3 is 0 Å². The molecule has 94 valence electrons. The van der Waals surface area contributed by atoms with E-state index < -0.39 is 0 Å². The Labute approximate surface area is 105 Å². The average Bonchev–Trinajstić information content (AvgIpc) is 3.11. The zero-order valence-corrected chi connectivity index (χ0v) is 9.91. The van der Waals surface area contributed by atoms with Crippen molar-refractivity contribution >= 4 is 5.69 Å². The van der Waals surface area contributed by atoms with Crippen molar-refractivity contribution in [3.63, 3.8) is 0 Å². The quantitative estimate of drug-likeness (QED) is 0.639. The highest BCUT2D eigenvalue weighted by Gasteiger charge is 2.26. The molecule has 1 aliphatic carbocycles. The number of nitrogens with two attached hydrogens (primary N) is 1. The minimum atomic E-state index is 0.384. The Morgan fingerprint density at radius 2 is 2.22 bits per heavy atom. The maximum Gasteiger partial charge on any atom is 0.236 e. The van der Waals surface area contributed by atoms with Gasteiger partial charge in [0.2, 0.25) is 5.88 Å². The summed E-state index contributed by atoms with van der Waals surface area (Å²) in [6.07, 6.45) is 3.87. The number of anilines is 1. The molecular weight excluding hydrogens is 230 g/mol. The molecule has 1 heterocycles. The molecule has 5 nitrogen and oxygen atoms in total. The lowest BCUT2D eigenvalue weighted by atomic mass is 10.0. The van der Waals surface area contributed by atoms with Gasteiger partial charge in [0, 0.05) is 17.3 Å². The molecule has 0 atom stereocenters. The number of rotatable bonds is 4. The number of hydrogen-bond acceptors (Lipinski definition) is 4. The molecule has 0 radical (unpaired) electrons. The van der Waals surface area contributed by atoms with E-state index in [1.165, 1.54) is 24.6 Å². The molecule has 0 unspecified atom stereocenters. The Hall–Kier alpha value is -2.17. The third-order valence-electron chi connectivity index (χ3n) is 3.18. The largest absolute Gasteiger partial charge is 0.472 e. The van der Waals surface area contributed by atoms with E-state index in [9.17, 15) is 0 Å². The Kier molecular flexibility index (Phi) is 2.59. The molecule has 1 aliphatic rings. The summed E-state index contributed by atoms with van der Waals surface area (Å²) in [5.74, 6) is 1.02. The van der Waals surface area contributed by atoms with Gasteiger partial charge in [-0.2, -0.15) is 0 Å². The molecule has 1 aromatic carbocycles. The van der Waals surface area contributed by atoms with Crippen molar-refractivity contribution in [3.8, 4) is 5.88 Å². The number of ether oxygens (including phenoxy) is 1. The lowest BCUT2D eigenvalue weighted by Gasteiger charge is -2.11.